The van der Waals surface area contributed by atoms with Gasteiger partial charge in [-0.25, -0.2) is 0 Å². The lowest BCUT2D eigenvalue weighted by molar-refractivity contribution is -0.200. The van der Waals surface area contributed by atoms with Gasteiger partial charge in [0.2, 0.25) is 0 Å². The van der Waals surface area contributed by atoms with Gasteiger partial charge in [0.05, 0.1) is 6.54 Å². The highest BCUT2D eigenvalue weighted by Crippen LogP contribution is 2.34. The molecule has 0 radical (unpaired) electrons. The van der Waals surface area contributed by atoms with Crippen LogP contribution in [-0.4, -0.2) is 30.5 Å². The highest BCUT2D eigenvalue weighted by Gasteiger charge is 2.40. The Morgan fingerprint density at radius 1 is 1.04 bits per heavy atom. The average molecular weight is 351 g/mol. The SMILES string of the molecule is OC(CN(CC1CC1)c1cccc(Oc2ccccc2)c1)C(F)(F)F. The zero-order valence-electron chi connectivity index (χ0n) is 13.6. The van der Waals surface area contributed by atoms with Gasteiger partial charge in [-0.15, -0.1) is 0 Å². The van der Waals surface area contributed by atoms with Crippen molar-refractivity contribution in [2.75, 3.05) is 18.0 Å². The fourth-order valence-electron chi connectivity index (χ4n) is 2.58. The van der Waals surface area contributed by atoms with Gasteiger partial charge in [0.15, 0.2) is 6.10 Å². The molecule has 134 valence electrons. The van der Waals surface area contributed by atoms with E-state index in [4.69, 9.17) is 4.74 Å². The minimum atomic E-state index is -4.63. The number of anilines is 1. The van der Waals surface area contributed by atoms with Crippen LogP contribution < -0.4 is 9.64 Å². The molecule has 0 aliphatic heterocycles. The van der Waals surface area contributed by atoms with Crippen LogP contribution >= 0.6 is 0 Å². The molecule has 0 bridgehead atoms. The number of alkyl halides is 3. The van der Waals surface area contributed by atoms with Crippen molar-refractivity contribution in [1.82, 2.24) is 0 Å². The lowest BCUT2D eigenvalue weighted by atomic mass is 10.2. The molecule has 3 rings (SSSR count). The van der Waals surface area contributed by atoms with Gasteiger partial charge in [-0.1, -0.05) is 24.3 Å². The molecular weight excluding hydrogens is 331 g/mol. The van der Waals surface area contributed by atoms with Crippen LogP contribution in [0.5, 0.6) is 11.5 Å². The quantitative estimate of drug-likeness (QED) is 0.790. The third kappa shape index (κ3) is 5.13. The van der Waals surface area contributed by atoms with Crippen molar-refractivity contribution in [1.29, 1.82) is 0 Å². The molecule has 1 aliphatic carbocycles. The van der Waals surface area contributed by atoms with E-state index in [2.05, 4.69) is 0 Å². The van der Waals surface area contributed by atoms with Crippen molar-refractivity contribution in [2.45, 2.75) is 25.1 Å². The van der Waals surface area contributed by atoms with Crippen LogP contribution in [0.3, 0.4) is 0 Å². The van der Waals surface area contributed by atoms with Gasteiger partial charge in [0.1, 0.15) is 11.5 Å². The minimum absolute atomic E-state index is 0.388. The van der Waals surface area contributed by atoms with Crippen LogP contribution in [-0.2, 0) is 0 Å². The molecule has 1 N–H and O–H groups in total. The molecule has 6 heteroatoms. The molecule has 0 heterocycles. The Labute approximate surface area is 144 Å². The van der Waals surface area contributed by atoms with Crippen molar-refractivity contribution in [3.63, 3.8) is 0 Å². The van der Waals surface area contributed by atoms with Gasteiger partial charge >= 0.3 is 6.18 Å². The molecule has 2 aromatic rings. The summed E-state index contributed by atoms with van der Waals surface area (Å²) < 4.78 is 44.0. The molecule has 2 aromatic carbocycles. The average Bonchev–Trinajstić information content (AvgIpc) is 3.38. The van der Waals surface area contributed by atoms with Crippen LogP contribution in [0, 0.1) is 5.92 Å². The first kappa shape index (κ1) is 17.6. The number of aliphatic hydroxyl groups is 1. The van der Waals surface area contributed by atoms with E-state index in [0.717, 1.165) is 12.8 Å². The van der Waals surface area contributed by atoms with Crippen molar-refractivity contribution in [3.05, 3.63) is 54.6 Å². The van der Waals surface area contributed by atoms with E-state index in [9.17, 15) is 18.3 Å². The Balaban J connectivity index is 1.76. The van der Waals surface area contributed by atoms with Crippen LogP contribution in [0.1, 0.15) is 12.8 Å². The molecule has 3 nitrogen and oxygen atoms in total. The van der Waals surface area contributed by atoms with E-state index < -0.39 is 18.8 Å². The number of hydrogen-bond acceptors (Lipinski definition) is 3. The number of rotatable bonds is 7. The number of hydrogen-bond donors (Lipinski definition) is 1. The first-order chi connectivity index (χ1) is 11.9. The summed E-state index contributed by atoms with van der Waals surface area (Å²) in [6.45, 7) is 0.0245. The van der Waals surface area contributed by atoms with E-state index in [1.54, 1.807) is 29.2 Å². The monoisotopic (exact) mass is 351 g/mol. The molecule has 25 heavy (non-hydrogen) atoms. The lowest BCUT2D eigenvalue weighted by Crippen LogP contribution is -2.42. The van der Waals surface area contributed by atoms with E-state index >= 15 is 0 Å². The van der Waals surface area contributed by atoms with E-state index in [0.29, 0.717) is 29.6 Å². The Bertz CT molecular complexity index is 687. The second-order valence-electron chi connectivity index (χ2n) is 6.32. The summed E-state index contributed by atoms with van der Waals surface area (Å²) in [5.74, 6) is 1.59. The summed E-state index contributed by atoms with van der Waals surface area (Å²) in [4.78, 5) is 1.59. The van der Waals surface area contributed by atoms with Gasteiger partial charge in [-0.05, 0) is 43.0 Å². The Kier molecular flexibility index (Phi) is 5.18. The van der Waals surface area contributed by atoms with E-state index in [1.807, 2.05) is 30.3 Å². The predicted molar refractivity (Wildman–Crippen MR) is 90.0 cm³/mol. The molecule has 0 amide bonds. The van der Waals surface area contributed by atoms with Crippen LogP contribution in [0.4, 0.5) is 18.9 Å². The Morgan fingerprint density at radius 2 is 1.72 bits per heavy atom. The van der Waals surface area contributed by atoms with Crippen molar-refractivity contribution in [3.8, 4) is 11.5 Å². The number of nitrogens with zero attached hydrogens (tertiary/aromatic N) is 1. The number of aliphatic hydroxyl groups excluding tert-OH is 1. The van der Waals surface area contributed by atoms with Crippen molar-refractivity contribution in [2.24, 2.45) is 5.92 Å². The fraction of sp³-hybridized carbons (Fsp3) is 0.368. The molecule has 1 unspecified atom stereocenters. The molecule has 0 spiro atoms. The van der Waals surface area contributed by atoms with Crippen molar-refractivity contribution >= 4 is 5.69 Å². The highest BCUT2D eigenvalue weighted by molar-refractivity contribution is 5.52. The van der Waals surface area contributed by atoms with Gasteiger partial charge in [0, 0.05) is 18.3 Å². The van der Waals surface area contributed by atoms with Crippen LogP contribution in [0.25, 0.3) is 0 Å². The maximum Gasteiger partial charge on any atom is 0.416 e. The zero-order chi connectivity index (χ0) is 17.9. The van der Waals surface area contributed by atoms with E-state index in [1.165, 1.54) is 0 Å². The van der Waals surface area contributed by atoms with Crippen molar-refractivity contribution < 1.29 is 23.0 Å². The van der Waals surface area contributed by atoms with Gasteiger partial charge in [-0.2, -0.15) is 13.2 Å². The maximum atomic E-state index is 12.7. The molecule has 1 fully saturated rings. The summed E-state index contributed by atoms with van der Waals surface area (Å²) in [6, 6.07) is 16.1. The molecule has 1 atom stereocenters. The third-order valence-electron chi connectivity index (χ3n) is 4.11. The smallest absolute Gasteiger partial charge is 0.416 e. The van der Waals surface area contributed by atoms with Crippen LogP contribution in [0.15, 0.2) is 54.6 Å². The first-order valence-corrected chi connectivity index (χ1v) is 8.24. The maximum absolute atomic E-state index is 12.7. The summed E-state index contributed by atoms with van der Waals surface area (Å²) >= 11 is 0. The van der Waals surface area contributed by atoms with Gasteiger partial charge in [-0.3, -0.25) is 0 Å². The molecule has 0 saturated heterocycles. The second kappa shape index (κ2) is 7.35. The van der Waals surface area contributed by atoms with Gasteiger partial charge in [0.25, 0.3) is 0 Å². The predicted octanol–water partition coefficient (Wildman–Crippen LogP) is 4.62. The minimum Gasteiger partial charge on any atom is -0.457 e. The lowest BCUT2D eigenvalue weighted by Gasteiger charge is -2.28. The largest absolute Gasteiger partial charge is 0.457 e. The number of benzene rings is 2. The standard InChI is InChI=1S/C19H20F3NO2/c20-19(21,22)18(24)13-23(12-14-9-10-14)15-5-4-8-17(11-15)25-16-6-2-1-3-7-16/h1-8,11,14,18,24H,9-10,12-13H2. The summed E-state index contributed by atoms with van der Waals surface area (Å²) in [6.07, 6.45) is -4.97. The topological polar surface area (TPSA) is 32.7 Å². The summed E-state index contributed by atoms with van der Waals surface area (Å²) in [7, 11) is 0. The summed E-state index contributed by atoms with van der Waals surface area (Å²) in [5, 5.41) is 9.46. The first-order valence-electron chi connectivity index (χ1n) is 8.24. The molecule has 1 aliphatic rings. The number of para-hydroxylation sites is 1. The van der Waals surface area contributed by atoms with Gasteiger partial charge < -0.3 is 14.7 Å². The number of halogens is 3. The highest BCUT2D eigenvalue weighted by atomic mass is 19.4. The molecule has 0 aromatic heterocycles. The summed E-state index contributed by atoms with van der Waals surface area (Å²) in [5.41, 5.74) is 0.614. The van der Waals surface area contributed by atoms with Crippen LogP contribution in [0.2, 0.25) is 0 Å². The Morgan fingerprint density at radius 3 is 2.36 bits per heavy atom. The molecular formula is C19H20F3NO2. The van der Waals surface area contributed by atoms with E-state index in [-0.39, 0.29) is 0 Å². The Hall–Kier alpha value is -2.21. The molecule has 1 saturated carbocycles. The fourth-order valence-corrected chi connectivity index (χ4v) is 2.58. The number of ether oxygens (including phenoxy) is 1. The third-order valence-corrected chi connectivity index (χ3v) is 4.11. The second-order valence-corrected chi connectivity index (χ2v) is 6.32. The normalized spacial score (nSPS) is 15.7. The zero-order valence-corrected chi connectivity index (χ0v) is 13.6.